The molecule has 0 bridgehead atoms. The number of nitrogens with one attached hydrogen (secondary N) is 1. The van der Waals surface area contributed by atoms with E-state index in [2.05, 4.69) is 47.1 Å². The van der Waals surface area contributed by atoms with Crippen LogP contribution in [0.4, 0.5) is 0 Å². The third-order valence-electron chi connectivity index (χ3n) is 5.10. The zero-order chi connectivity index (χ0) is 18.4. The predicted molar refractivity (Wildman–Crippen MR) is 102 cm³/mol. The van der Waals surface area contributed by atoms with Crippen LogP contribution in [0.25, 0.3) is 0 Å². The van der Waals surface area contributed by atoms with Crippen LogP contribution in [0.3, 0.4) is 0 Å². The zero-order valence-corrected chi connectivity index (χ0v) is 16.4. The van der Waals surface area contributed by atoms with Crippen LogP contribution in [0.15, 0.2) is 23.3 Å². The summed E-state index contributed by atoms with van der Waals surface area (Å²) in [6, 6.07) is 4.17. The monoisotopic (exact) mass is 347 g/mol. The molecule has 0 aromatic carbocycles. The van der Waals surface area contributed by atoms with E-state index < -0.39 is 0 Å². The number of nitrogens with zero attached hydrogens (tertiary/aromatic N) is 4. The summed E-state index contributed by atoms with van der Waals surface area (Å²) >= 11 is 0. The highest BCUT2D eigenvalue weighted by atomic mass is 16.2. The zero-order valence-electron chi connectivity index (χ0n) is 16.4. The van der Waals surface area contributed by atoms with Crippen molar-refractivity contribution in [1.29, 1.82) is 0 Å². The molecule has 1 aliphatic carbocycles. The minimum Gasteiger partial charge on any atom is -0.357 e. The molecule has 1 N–H and O–H groups in total. The van der Waals surface area contributed by atoms with Crippen molar-refractivity contribution in [1.82, 2.24) is 19.7 Å². The van der Waals surface area contributed by atoms with Gasteiger partial charge < -0.3 is 19.7 Å². The van der Waals surface area contributed by atoms with Gasteiger partial charge in [-0.15, -0.1) is 0 Å². The van der Waals surface area contributed by atoms with E-state index >= 15 is 0 Å². The number of amides is 1. The van der Waals surface area contributed by atoms with Gasteiger partial charge in [0, 0.05) is 46.6 Å². The first-order valence-electron chi connectivity index (χ1n) is 9.21. The molecule has 1 heterocycles. The standard InChI is InChI=1S/C19H33N5O/c1-6-20-18(24(5)14-16-10-9-13-23(16)4)21-15-19(11-7-8-12-19)17(25)22(2)3/h9-10,13H,6-8,11-12,14-15H2,1-5H3,(H,20,21). The van der Waals surface area contributed by atoms with Crippen LogP contribution in [-0.4, -0.2) is 60.5 Å². The van der Waals surface area contributed by atoms with Gasteiger partial charge in [0.25, 0.3) is 0 Å². The van der Waals surface area contributed by atoms with E-state index in [9.17, 15) is 4.79 Å². The van der Waals surface area contributed by atoms with Gasteiger partial charge in [-0.25, -0.2) is 0 Å². The Balaban J connectivity index is 2.14. The second kappa shape index (κ2) is 8.41. The molecule has 2 rings (SSSR count). The maximum Gasteiger partial charge on any atom is 0.230 e. The molecule has 1 aromatic rings. The molecule has 0 saturated heterocycles. The van der Waals surface area contributed by atoms with E-state index in [-0.39, 0.29) is 11.3 Å². The van der Waals surface area contributed by atoms with Crippen molar-refractivity contribution in [3.05, 3.63) is 24.0 Å². The van der Waals surface area contributed by atoms with Crippen LogP contribution in [0.2, 0.25) is 0 Å². The molecule has 1 aromatic heterocycles. The van der Waals surface area contributed by atoms with Crippen molar-refractivity contribution < 1.29 is 4.79 Å². The number of rotatable bonds is 6. The van der Waals surface area contributed by atoms with Gasteiger partial charge in [-0.3, -0.25) is 9.79 Å². The number of aryl methyl sites for hydroxylation is 1. The highest BCUT2D eigenvalue weighted by Crippen LogP contribution is 2.39. The summed E-state index contributed by atoms with van der Waals surface area (Å²) < 4.78 is 2.12. The fourth-order valence-corrected chi connectivity index (χ4v) is 3.64. The molecule has 0 spiro atoms. The smallest absolute Gasteiger partial charge is 0.230 e. The van der Waals surface area contributed by atoms with Crippen molar-refractivity contribution in [2.75, 3.05) is 34.2 Å². The number of guanidine groups is 1. The summed E-state index contributed by atoms with van der Waals surface area (Å²) in [5.41, 5.74) is 0.906. The van der Waals surface area contributed by atoms with Gasteiger partial charge in [0.1, 0.15) is 0 Å². The molecule has 1 aliphatic rings. The minimum atomic E-state index is -0.323. The summed E-state index contributed by atoms with van der Waals surface area (Å²) in [4.78, 5) is 21.4. The van der Waals surface area contributed by atoms with Crippen molar-refractivity contribution in [2.24, 2.45) is 17.5 Å². The summed E-state index contributed by atoms with van der Waals surface area (Å²) in [6.45, 7) is 4.22. The normalized spacial score (nSPS) is 16.8. The van der Waals surface area contributed by atoms with Crippen LogP contribution in [0, 0.1) is 5.41 Å². The molecule has 1 saturated carbocycles. The molecule has 0 radical (unpaired) electrons. The summed E-state index contributed by atoms with van der Waals surface area (Å²) in [6.07, 6.45) is 6.16. The molecule has 0 unspecified atom stereocenters. The Kier molecular flexibility index (Phi) is 6.51. The maximum atomic E-state index is 12.7. The lowest BCUT2D eigenvalue weighted by Crippen LogP contribution is -2.43. The van der Waals surface area contributed by atoms with Gasteiger partial charge in [0.15, 0.2) is 5.96 Å². The Morgan fingerprint density at radius 2 is 2.00 bits per heavy atom. The van der Waals surface area contributed by atoms with Crippen LogP contribution < -0.4 is 5.32 Å². The third kappa shape index (κ3) is 4.55. The summed E-state index contributed by atoms with van der Waals surface area (Å²) in [5, 5.41) is 3.37. The average molecular weight is 348 g/mol. The lowest BCUT2D eigenvalue weighted by molar-refractivity contribution is -0.138. The molecule has 0 atom stereocenters. The van der Waals surface area contributed by atoms with E-state index in [1.807, 2.05) is 21.1 Å². The molecular weight excluding hydrogens is 314 g/mol. The Morgan fingerprint density at radius 1 is 1.32 bits per heavy atom. The van der Waals surface area contributed by atoms with Gasteiger partial charge in [0.2, 0.25) is 5.91 Å². The number of hydrogen-bond acceptors (Lipinski definition) is 2. The van der Waals surface area contributed by atoms with E-state index in [0.717, 1.165) is 44.7 Å². The molecule has 0 aliphatic heterocycles. The first kappa shape index (κ1) is 19.3. The van der Waals surface area contributed by atoms with Gasteiger partial charge in [-0.05, 0) is 31.9 Å². The van der Waals surface area contributed by atoms with Gasteiger partial charge >= 0.3 is 0 Å². The molecule has 6 nitrogen and oxygen atoms in total. The number of hydrogen-bond donors (Lipinski definition) is 1. The second-order valence-electron chi connectivity index (χ2n) is 7.32. The molecule has 1 amide bonds. The average Bonchev–Trinajstić information content (AvgIpc) is 3.21. The highest BCUT2D eigenvalue weighted by Gasteiger charge is 2.42. The van der Waals surface area contributed by atoms with Gasteiger partial charge in [0.05, 0.1) is 18.5 Å². The Labute approximate surface area is 151 Å². The highest BCUT2D eigenvalue weighted by molar-refractivity contribution is 5.84. The summed E-state index contributed by atoms with van der Waals surface area (Å²) in [5.74, 6) is 1.08. The van der Waals surface area contributed by atoms with E-state index in [1.54, 1.807) is 4.90 Å². The molecular formula is C19H33N5O. The maximum absolute atomic E-state index is 12.7. The van der Waals surface area contributed by atoms with Crippen LogP contribution in [-0.2, 0) is 18.4 Å². The van der Waals surface area contributed by atoms with Crippen LogP contribution >= 0.6 is 0 Å². The lowest BCUT2D eigenvalue weighted by atomic mass is 9.85. The van der Waals surface area contributed by atoms with E-state index in [1.165, 1.54) is 5.69 Å². The lowest BCUT2D eigenvalue weighted by Gasteiger charge is -2.30. The molecule has 6 heteroatoms. The number of carbonyl (C=O) groups excluding carboxylic acids is 1. The number of aromatic nitrogens is 1. The Hall–Kier alpha value is -1.98. The molecule has 140 valence electrons. The van der Waals surface area contributed by atoms with Crippen LogP contribution in [0.1, 0.15) is 38.3 Å². The third-order valence-corrected chi connectivity index (χ3v) is 5.10. The minimum absolute atomic E-state index is 0.217. The van der Waals surface area contributed by atoms with E-state index in [4.69, 9.17) is 4.99 Å². The second-order valence-corrected chi connectivity index (χ2v) is 7.32. The van der Waals surface area contributed by atoms with Gasteiger partial charge in [-0.2, -0.15) is 0 Å². The fourth-order valence-electron chi connectivity index (χ4n) is 3.64. The first-order chi connectivity index (χ1) is 11.9. The van der Waals surface area contributed by atoms with Crippen molar-refractivity contribution in [3.8, 4) is 0 Å². The Morgan fingerprint density at radius 3 is 2.52 bits per heavy atom. The first-order valence-corrected chi connectivity index (χ1v) is 9.21. The van der Waals surface area contributed by atoms with Crippen molar-refractivity contribution in [3.63, 3.8) is 0 Å². The fraction of sp³-hybridized carbons (Fsp3) is 0.684. The quantitative estimate of drug-likeness (QED) is 0.633. The SMILES string of the molecule is CCNC(=NCC1(C(=O)N(C)C)CCCC1)N(C)Cc1cccn1C. The topological polar surface area (TPSA) is 52.9 Å². The van der Waals surface area contributed by atoms with Gasteiger partial charge in [-0.1, -0.05) is 12.8 Å². The van der Waals surface area contributed by atoms with Crippen molar-refractivity contribution >= 4 is 11.9 Å². The van der Waals surface area contributed by atoms with Crippen molar-refractivity contribution in [2.45, 2.75) is 39.2 Å². The number of aliphatic imine (C=N–C) groups is 1. The molecule has 1 fully saturated rings. The largest absolute Gasteiger partial charge is 0.357 e. The molecule has 25 heavy (non-hydrogen) atoms. The van der Waals surface area contributed by atoms with E-state index in [0.29, 0.717) is 6.54 Å². The van der Waals surface area contributed by atoms with Crippen LogP contribution in [0.5, 0.6) is 0 Å². The number of carbonyl (C=O) groups is 1. The Bertz CT molecular complexity index is 599. The predicted octanol–water partition coefficient (Wildman–Crippen LogP) is 2.07. The summed E-state index contributed by atoms with van der Waals surface area (Å²) in [7, 11) is 7.79.